The average molecular weight is 455 g/mol. The van der Waals surface area contributed by atoms with Crippen LogP contribution < -0.4 is 10.1 Å². The fourth-order valence-electron chi connectivity index (χ4n) is 3.01. The van der Waals surface area contributed by atoms with Crippen LogP contribution in [0.15, 0.2) is 60.0 Å². The predicted molar refractivity (Wildman–Crippen MR) is 129 cm³/mol. The molecular formula is C23H22N2O2S3. The lowest BCUT2D eigenvalue weighted by atomic mass is 10.2. The summed E-state index contributed by atoms with van der Waals surface area (Å²) in [5.41, 5.74) is 3.91. The number of carbonyl (C=O) groups is 1. The zero-order valence-corrected chi connectivity index (χ0v) is 19.0. The largest absolute Gasteiger partial charge is 0.487 e. The average Bonchev–Trinajstić information content (AvgIpc) is 3.43. The molecule has 0 atom stereocenters. The molecule has 1 amide bonds. The maximum atomic E-state index is 12.4. The molecule has 0 spiro atoms. The number of hydrogen-bond acceptors (Lipinski definition) is 6. The van der Waals surface area contributed by atoms with E-state index < -0.39 is 0 Å². The zero-order chi connectivity index (χ0) is 20.8. The summed E-state index contributed by atoms with van der Waals surface area (Å²) in [4.78, 5) is 16.8. The maximum absolute atomic E-state index is 12.4. The highest BCUT2D eigenvalue weighted by atomic mass is 32.2. The first-order valence-electron chi connectivity index (χ1n) is 9.62. The Kier molecular flexibility index (Phi) is 7.15. The molecule has 0 radical (unpaired) electrons. The van der Waals surface area contributed by atoms with Gasteiger partial charge in [0.15, 0.2) is 0 Å². The van der Waals surface area contributed by atoms with Gasteiger partial charge in [-0.2, -0.15) is 0 Å². The van der Waals surface area contributed by atoms with Crippen molar-refractivity contribution in [3.63, 3.8) is 0 Å². The van der Waals surface area contributed by atoms with Gasteiger partial charge in [0.25, 0.3) is 0 Å². The van der Waals surface area contributed by atoms with Crippen LogP contribution in [0.3, 0.4) is 0 Å². The van der Waals surface area contributed by atoms with Crippen molar-refractivity contribution in [3.05, 3.63) is 81.8 Å². The molecule has 1 N–H and O–H groups in total. The molecule has 1 fully saturated rings. The first kappa shape index (κ1) is 21.0. The molecule has 1 aliphatic rings. The van der Waals surface area contributed by atoms with Crippen LogP contribution in [0.1, 0.15) is 26.4 Å². The van der Waals surface area contributed by atoms with Crippen LogP contribution in [0.4, 0.5) is 5.69 Å². The van der Waals surface area contributed by atoms with Gasteiger partial charge in [-0.25, -0.2) is 4.98 Å². The number of thioether (sulfide) groups is 2. The van der Waals surface area contributed by atoms with Crippen LogP contribution in [-0.4, -0.2) is 22.4 Å². The summed E-state index contributed by atoms with van der Waals surface area (Å²) in [6.45, 7) is 2.42. The molecule has 1 saturated heterocycles. The summed E-state index contributed by atoms with van der Waals surface area (Å²) in [6, 6.07) is 15.8. The number of aryl methyl sites for hydroxylation is 1. The quantitative estimate of drug-likeness (QED) is 0.433. The Morgan fingerprint density at radius 1 is 1.20 bits per heavy atom. The Hall–Kier alpha value is -2.22. The number of hydrogen-bond donors (Lipinski definition) is 1. The van der Waals surface area contributed by atoms with Crippen LogP contribution in [0.5, 0.6) is 5.75 Å². The number of rotatable bonds is 7. The van der Waals surface area contributed by atoms with E-state index in [-0.39, 0.29) is 5.91 Å². The third-order valence-corrected chi connectivity index (χ3v) is 8.31. The third-order valence-electron chi connectivity index (χ3n) is 4.39. The minimum atomic E-state index is -0.150. The molecule has 0 unspecified atom stereocenters. The van der Waals surface area contributed by atoms with Crippen LogP contribution in [0, 0.1) is 6.92 Å². The van der Waals surface area contributed by atoms with Gasteiger partial charge < -0.3 is 10.1 Å². The van der Waals surface area contributed by atoms with E-state index in [1.165, 1.54) is 17.1 Å². The molecule has 1 aliphatic heterocycles. The molecule has 2 aromatic carbocycles. The van der Waals surface area contributed by atoms with Gasteiger partial charge in [0.05, 0.1) is 15.3 Å². The highest BCUT2D eigenvalue weighted by molar-refractivity contribution is 8.19. The summed E-state index contributed by atoms with van der Waals surface area (Å²) in [5.74, 6) is 2.97. The minimum Gasteiger partial charge on any atom is -0.487 e. The van der Waals surface area contributed by atoms with E-state index in [2.05, 4.69) is 22.4 Å². The van der Waals surface area contributed by atoms with Crippen LogP contribution in [0.2, 0.25) is 0 Å². The van der Waals surface area contributed by atoms with Crippen molar-refractivity contribution in [2.45, 2.75) is 18.1 Å². The molecule has 30 heavy (non-hydrogen) atoms. The van der Waals surface area contributed by atoms with E-state index in [1.807, 2.05) is 72.2 Å². The van der Waals surface area contributed by atoms with Crippen molar-refractivity contribution in [2.75, 3.05) is 16.8 Å². The van der Waals surface area contributed by atoms with Crippen molar-refractivity contribution >= 4 is 52.5 Å². The normalized spacial score (nSPS) is 14.3. The predicted octanol–water partition coefficient (Wildman–Crippen LogP) is 6.16. The van der Waals surface area contributed by atoms with Crippen molar-refractivity contribution < 1.29 is 9.53 Å². The van der Waals surface area contributed by atoms with Crippen molar-refractivity contribution in [2.24, 2.45) is 0 Å². The van der Waals surface area contributed by atoms with Crippen LogP contribution >= 0.6 is 34.9 Å². The second kappa shape index (κ2) is 10.2. The Balaban J connectivity index is 1.34. The number of anilines is 1. The number of carbonyl (C=O) groups excluding carboxylic acids is 1. The Morgan fingerprint density at radius 3 is 2.83 bits per heavy atom. The van der Waals surface area contributed by atoms with Gasteiger partial charge in [-0.15, -0.1) is 34.9 Å². The van der Waals surface area contributed by atoms with Gasteiger partial charge in [-0.05, 0) is 48.4 Å². The van der Waals surface area contributed by atoms with E-state index in [4.69, 9.17) is 4.74 Å². The molecule has 0 bridgehead atoms. The minimum absolute atomic E-state index is 0.150. The fraction of sp³-hybridized carbons (Fsp3) is 0.217. The molecular weight excluding hydrogens is 432 g/mol. The van der Waals surface area contributed by atoms with Crippen molar-refractivity contribution in [1.82, 2.24) is 4.98 Å². The molecule has 4 nitrogen and oxygen atoms in total. The molecule has 0 aliphatic carbocycles. The standard InChI is InChI=1S/C23H22N2O2S3/c1-16-24-20(15-30-16)14-27-21-7-2-4-17(12-21)8-9-22(26)25-19-6-3-5-18(13-19)23-28-10-11-29-23/h2-9,12-13,15,23H,10-11,14H2,1H3,(H,25,26)/b9-8+. The second-order valence-electron chi connectivity index (χ2n) is 6.74. The SMILES string of the molecule is Cc1nc(COc2cccc(/C=C/C(=O)Nc3cccc(C4SCCS4)c3)c2)cs1. The molecule has 0 saturated carbocycles. The van der Waals surface area contributed by atoms with Gasteiger partial charge >= 0.3 is 0 Å². The number of aromatic nitrogens is 1. The maximum Gasteiger partial charge on any atom is 0.248 e. The van der Waals surface area contributed by atoms with E-state index in [0.29, 0.717) is 11.2 Å². The lowest BCUT2D eigenvalue weighted by Gasteiger charge is -2.10. The first-order valence-corrected chi connectivity index (χ1v) is 12.6. The first-order chi connectivity index (χ1) is 14.7. The Morgan fingerprint density at radius 2 is 2.03 bits per heavy atom. The van der Waals surface area contributed by atoms with Gasteiger partial charge in [0.1, 0.15) is 12.4 Å². The topological polar surface area (TPSA) is 51.2 Å². The summed E-state index contributed by atoms with van der Waals surface area (Å²) in [6.07, 6.45) is 3.34. The molecule has 154 valence electrons. The van der Waals surface area contributed by atoms with Gasteiger partial charge in [0, 0.05) is 28.6 Å². The molecule has 1 aromatic heterocycles. The highest BCUT2D eigenvalue weighted by Gasteiger charge is 2.18. The number of amides is 1. The van der Waals surface area contributed by atoms with Crippen molar-refractivity contribution in [1.29, 1.82) is 0 Å². The number of nitrogens with one attached hydrogen (secondary N) is 1. The fourth-order valence-corrected chi connectivity index (χ4v) is 6.45. The number of benzene rings is 2. The molecule has 4 rings (SSSR count). The Labute approximate surface area is 189 Å². The lowest BCUT2D eigenvalue weighted by molar-refractivity contribution is -0.111. The smallest absolute Gasteiger partial charge is 0.248 e. The van der Waals surface area contributed by atoms with E-state index in [1.54, 1.807) is 23.5 Å². The molecule has 3 aromatic rings. The van der Waals surface area contributed by atoms with Gasteiger partial charge in [-0.3, -0.25) is 4.79 Å². The summed E-state index contributed by atoms with van der Waals surface area (Å²) in [7, 11) is 0. The molecule has 2 heterocycles. The van der Waals surface area contributed by atoms with Gasteiger partial charge in [0.2, 0.25) is 5.91 Å². The van der Waals surface area contributed by atoms with Gasteiger partial charge in [-0.1, -0.05) is 24.3 Å². The van der Waals surface area contributed by atoms with Crippen LogP contribution in [-0.2, 0) is 11.4 Å². The summed E-state index contributed by atoms with van der Waals surface area (Å²) < 4.78 is 6.28. The Bertz CT molecular complexity index is 1040. The number of thiazole rings is 1. The third kappa shape index (κ3) is 5.90. The number of ether oxygens (including phenoxy) is 1. The van der Waals surface area contributed by atoms with Crippen molar-refractivity contribution in [3.8, 4) is 5.75 Å². The highest BCUT2D eigenvalue weighted by Crippen LogP contribution is 2.45. The van der Waals surface area contributed by atoms with Crippen LogP contribution in [0.25, 0.3) is 6.08 Å². The lowest BCUT2D eigenvalue weighted by Crippen LogP contribution is -2.08. The molecule has 7 heteroatoms. The number of nitrogens with zero attached hydrogens (tertiary/aromatic N) is 1. The van der Waals surface area contributed by atoms with E-state index in [9.17, 15) is 4.79 Å². The summed E-state index contributed by atoms with van der Waals surface area (Å²) >= 11 is 5.53. The zero-order valence-electron chi connectivity index (χ0n) is 16.5. The second-order valence-corrected chi connectivity index (χ2v) is 10.5. The summed E-state index contributed by atoms with van der Waals surface area (Å²) in [5, 5.41) is 5.99. The van der Waals surface area contributed by atoms with E-state index in [0.717, 1.165) is 27.7 Å². The van der Waals surface area contributed by atoms with E-state index >= 15 is 0 Å². The monoisotopic (exact) mass is 454 g/mol.